The van der Waals surface area contributed by atoms with Gasteiger partial charge in [-0.05, 0) is 25.0 Å². The second-order valence-corrected chi connectivity index (χ2v) is 5.64. The van der Waals surface area contributed by atoms with Gasteiger partial charge in [-0.3, -0.25) is 0 Å². The fourth-order valence-electron chi connectivity index (χ4n) is 2.62. The third kappa shape index (κ3) is 5.94. The molecule has 1 aromatic rings. The number of carbonyl (C=O) groups is 1. The highest BCUT2D eigenvalue weighted by atomic mass is 35.5. The summed E-state index contributed by atoms with van der Waals surface area (Å²) in [4.78, 5) is 13.2. The van der Waals surface area contributed by atoms with Crippen molar-refractivity contribution < 1.29 is 26.8 Å². The Morgan fingerprint density at radius 3 is 2.71 bits per heavy atom. The van der Waals surface area contributed by atoms with Gasteiger partial charge in [0.25, 0.3) is 0 Å². The number of quaternary nitrogens is 1. The van der Waals surface area contributed by atoms with Crippen LogP contribution < -0.4 is 22.6 Å². The fraction of sp³-hybridized carbons (Fsp3) is 0.562. The van der Waals surface area contributed by atoms with E-state index in [0.717, 1.165) is 17.7 Å². The number of hydrogen-bond acceptors (Lipinski definition) is 2. The number of halogens is 1. The van der Waals surface area contributed by atoms with E-state index in [1.165, 1.54) is 31.5 Å². The van der Waals surface area contributed by atoms with Crippen molar-refractivity contribution in [2.45, 2.75) is 33.3 Å². The lowest BCUT2D eigenvalue weighted by molar-refractivity contribution is -0.886. The van der Waals surface area contributed by atoms with Crippen molar-refractivity contribution in [2.75, 3.05) is 26.2 Å². The first-order chi connectivity index (χ1) is 9.65. The number of nitrogens with one attached hydrogen (secondary N) is 2. The van der Waals surface area contributed by atoms with Crippen LogP contribution in [0.2, 0.25) is 0 Å². The lowest BCUT2D eigenvalue weighted by Gasteiger charge is -2.13. The van der Waals surface area contributed by atoms with Gasteiger partial charge in [-0.1, -0.05) is 23.8 Å². The minimum absolute atomic E-state index is 0. The van der Waals surface area contributed by atoms with Crippen LogP contribution in [0.25, 0.3) is 0 Å². The second-order valence-electron chi connectivity index (χ2n) is 5.64. The van der Waals surface area contributed by atoms with E-state index in [4.69, 9.17) is 4.74 Å². The molecule has 0 aromatic heterocycles. The Labute approximate surface area is 133 Å². The smallest absolute Gasteiger partial charge is 0.407 e. The lowest BCUT2D eigenvalue weighted by Crippen LogP contribution is -3.10. The second kappa shape index (κ2) is 8.90. The first kappa shape index (κ1) is 17.8. The van der Waals surface area contributed by atoms with E-state index in [1.54, 1.807) is 4.90 Å². The number of alkyl carbamates (subject to hydrolysis) is 1. The van der Waals surface area contributed by atoms with Crippen LogP contribution in [-0.4, -0.2) is 32.3 Å². The minimum Gasteiger partial charge on any atom is -1.00 e. The topological polar surface area (TPSA) is 42.8 Å². The zero-order valence-corrected chi connectivity index (χ0v) is 13.6. The molecular weight excluding hydrogens is 288 g/mol. The van der Waals surface area contributed by atoms with Gasteiger partial charge in [-0.15, -0.1) is 0 Å². The van der Waals surface area contributed by atoms with Crippen LogP contribution in [0.1, 0.15) is 29.5 Å². The van der Waals surface area contributed by atoms with Gasteiger partial charge < -0.3 is 27.4 Å². The summed E-state index contributed by atoms with van der Waals surface area (Å²) in [5, 5.41) is 2.83. The molecule has 0 radical (unpaired) electrons. The van der Waals surface area contributed by atoms with Gasteiger partial charge >= 0.3 is 6.09 Å². The molecule has 0 bridgehead atoms. The average Bonchev–Trinajstić information content (AvgIpc) is 2.93. The van der Waals surface area contributed by atoms with E-state index in [0.29, 0.717) is 13.2 Å². The molecule has 1 fully saturated rings. The molecule has 1 aromatic carbocycles. The molecular formula is C16H25ClN2O2. The third-order valence-corrected chi connectivity index (χ3v) is 3.92. The lowest BCUT2D eigenvalue weighted by atomic mass is 10.1. The van der Waals surface area contributed by atoms with Crippen LogP contribution >= 0.6 is 0 Å². The largest absolute Gasteiger partial charge is 1.00 e. The van der Waals surface area contributed by atoms with Crippen molar-refractivity contribution >= 4 is 6.09 Å². The van der Waals surface area contributed by atoms with Crippen LogP contribution in [0.3, 0.4) is 0 Å². The predicted molar refractivity (Wildman–Crippen MR) is 78.9 cm³/mol. The molecule has 1 heterocycles. The Bertz CT molecular complexity index is 460. The SMILES string of the molecule is Cc1ccc(C)c(COC(=O)NCC[NH+]2CCCC2)c1.[Cl-]. The number of amides is 1. The zero-order chi connectivity index (χ0) is 14.4. The van der Waals surface area contributed by atoms with Gasteiger partial charge in [-0.25, -0.2) is 4.79 Å². The highest BCUT2D eigenvalue weighted by Crippen LogP contribution is 2.11. The maximum atomic E-state index is 11.6. The maximum absolute atomic E-state index is 11.6. The van der Waals surface area contributed by atoms with E-state index in [2.05, 4.69) is 23.5 Å². The first-order valence-corrected chi connectivity index (χ1v) is 7.45. The van der Waals surface area contributed by atoms with E-state index in [-0.39, 0.29) is 18.5 Å². The van der Waals surface area contributed by atoms with Crippen molar-refractivity contribution in [1.29, 1.82) is 0 Å². The number of aryl methyl sites for hydroxylation is 2. The van der Waals surface area contributed by atoms with Gasteiger partial charge in [0.05, 0.1) is 26.2 Å². The highest BCUT2D eigenvalue weighted by molar-refractivity contribution is 5.67. The number of likely N-dealkylation sites (tertiary alicyclic amines) is 1. The minimum atomic E-state index is -0.315. The van der Waals surface area contributed by atoms with Crippen LogP contribution in [-0.2, 0) is 11.3 Å². The van der Waals surface area contributed by atoms with Crippen molar-refractivity contribution in [2.24, 2.45) is 0 Å². The summed E-state index contributed by atoms with van der Waals surface area (Å²) in [5.41, 5.74) is 3.42. The number of carbonyl (C=O) groups excluding carboxylic acids is 1. The predicted octanol–water partition coefficient (Wildman–Crippen LogP) is -1.79. The quantitative estimate of drug-likeness (QED) is 0.675. The highest BCUT2D eigenvalue weighted by Gasteiger charge is 2.14. The first-order valence-electron chi connectivity index (χ1n) is 7.45. The number of rotatable bonds is 5. The normalized spacial score (nSPS) is 14.6. The molecule has 1 aliphatic heterocycles. The molecule has 1 amide bonds. The number of hydrogen-bond donors (Lipinski definition) is 2. The van der Waals surface area contributed by atoms with Crippen LogP contribution in [0, 0.1) is 13.8 Å². The summed E-state index contributed by atoms with van der Waals surface area (Å²) < 4.78 is 5.27. The van der Waals surface area contributed by atoms with E-state index in [9.17, 15) is 4.79 Å². The van der Waals surface area contributed by atoms with Crippen LogP contribution in [0.15, 0.2) is 18.2 Å². The van der Waals surface area contributed by atoms with Crippen molar-refractivity contribution in [3.8, 4) is 0 Å². The molecule has 1 aliphatic rings. The Morgan fingerprint density at radius 1 is 1.29 bits per heavy atom. The summed E-state index contributed by atoms with van der Waals surface area (Å²) in [6.07, 6.45) is 2.31. The number of ether oxygens (including phenoxy) is 1. The Kier molecular flexibility index (Phi) is 7.54. The Balaban J connectivity index is 0.00000220. The maximum Gasteiger partial charge on any atom is 0.407 e. The summed E-state index contributed by atoms with van der Waals surface area (Å²) in [6, 6.07) is 6.19. The third-order valence-electron chi connectivity index (χ3n) is 3.92. The average molecular weight is 313 g/mol. The molecule has 0 spiro atoms. The Hall–Kier alpha value is -1.26. The van der Waals surface area contributed by atoms with E-state index >= 15 is 0 Å². The van der Waals surface area contributed by atoms with Crippen LogP contribution in [0.4, 0.5) is 4.79 Å². The Morgan fingerprint density at radius 2 is 2.00 bits per heavy atom. The fourth-order valence-corrected chi connectivity index (χ4v) is 2.62. The molecule has 2 rings (SSSR count). The molecule has 118 valence electrons. The molecule has 21 heavy (non-hydrogen) atoms. The molecule has 0 atom stereocenters. The van der Waals surface area contributed by atoms with Gasteiger partial charge in [0.1, 0.15) is 6.61 Å². The van der Waals surface area contributed by atoms with Crippen molar-refractivity contribution in [1.82, 2.24) is 5.32 Å². The van der Waals surface area contributed by atoms with Gasteiger partial charge in [0, 0.05) is 12.8 Å². The zero-order valence-electron chi connectivity index (χ0n) is 12.9. The van der Waals surface area contributed by atoms with Gasteiger partial charge in [-0.2, -0.15) is 0 Å². The summed E-state index contributed by atoms with van der Waals surface area (Å²) >= 11 is 0. The molecule has 4 nitrogen and oxygen atoms in total. The van der Waals surface area contributed by atoms with Crippen LogP contribution in [0.5, 0.6) is 0 Å². The molecule has 1 saturated heterocycles. The van der Waals surface area contributed by atoms with E-state index < -0.39 is 0 Å². The summed E-state index contributed by atoms with van der Waals surface area (Å²) in [6.45, 7) is 8.59. The summed E-state index contributed by atoms with van der Waals surface area (Å²) in [7, 11) is 0. The monoisotopic (exact) mass is 312 g/mol. The van der Waals surface area contributed by atoms with Gasteiger partial charge in [0.15, 0.2) is 0 Å². The van der Waals surface area contributed by atoms with E-state index in [1.807, 2.05) is 13.8 Å². The molecule has 0 aliphatic carbocycles. The summed E-state index contributed by atoms with van der Waals surface area (Å²) in [5.74, 6) is 0. The molecule has 0 unspecified atom stereocenters. The van der Waals surface area contributed by atoms with Crippen molar-refractivity contribution in [3.05, 3.63) is 34.9 Å². The molecule has 2 N–H and O–H groups in total. The standard InChI is InChI=1S/C16H24N2O2.ClH/c1-13-5-6-14(2)15(11-13)12-20-16(19)17-7-10-18-8-3-4-9-18;/h5-6,11H,3-4,7-10,12H2,1-2H3,(H,17,19);1H. The van der Waals surface area contributed by atoms with Gasteiger partial charge in [0.2, 0.25) is 0 Å². The van der Waals surface area contributed by atoms with Crippen molar-refractivity contribution in [3.63, 3.8) is 0 Å². The molecule has 5 heteroatoms. The number of benzene rings is 1. The molecule has 0 saturated carbocycles.